The number of amides is 3. The summed E-state index contributed by atoms with van der Waals surface area (Å²) in [6.07, 6.45) is 2.73. The summed E-state index contributed by atoms with van der Waals surface area (Å²) in [6, 6.07) is -0.0795. The van der Waals surface area contributed by atoms with Gasteiger partial charge in [0.1, 0.15) is 0 Å². The molecule has 0 bridgehead atoms. The van der Waals surface area contributed by atoms with Crippen LogP contribution in [0.2, 0.25) is 0 Å². The maximum atomic E-state index is 12.0. The first kappa shape index (κ1) is 14.6. The van der Waals surface area contributed by atoms with Crippen molar-refractivity contribution in [2.45, 2.75) is 38.6 Å². The number of carboxylic acids is 1. The molecule has 7 nitrogen and oxygen atoms in total. The normalized spacial score (nSPS) is 21.1. The smallest absolute Gasteiger partial charge is 0.317 e. The summed E-state index contributed by atoms with van der Waals surface area (Å²) < 4.78 is 0. The Hall–Kier alpha value is -1.79. The van der Waals surface area contributed by atoms with Crippen LogP contribution < -0.4 is 10.6 Å². The number of aliphatic carboxylic acids is 1. The maximum absolute atomic E-state index is 12.0. The number of rotatable bonds is 4. The molecular weight excluding hydrogens is 262 g/mol. The second-order valence-electron chi connectivity index (χ2n) is 5.71. The lowest BCUT2D eigenvalue weighted by Crippen LogP contribution is -2.50. The maximum Gasteiger partial charge on any atom is 0.317 e. The molecule has 0 unspecified atom stereocenters. The van der Waals surface area contributed by atoms with Crippen molar-refractivity contribution in [3.63, 3.8) is 0 Å². The van der Waals surface area contributed by atoms with E-state index in [9.17, 15) is 14.4 Å². The first-order valence-corrected chi connectivity index (χ1v) is 6.96. The van der Waals surface area contributed by atoms with Gasteiger partial charge in [0, 0.05) is 32.6 Å². The number of nitrogens with one attached hydrogen (secondary N) is 2. The van der Waals surface area contributed by atoms with Gasteiger partial charge >= 0.3 is 12.0 Å². The fourth-order valence-electron chi connectivity index (χ4n) is 2.49. The van der Waals surface area contributed by atoms with Gasteiger partial charge < -0.3 is 20.6 Å². The van der Waals surface area contributed by atoms with Gasteiger partial charge in [-0.05, 0) is 25.7 Å². The number of urea groups is 1. The van der Waals surface area contributed by atoms with E-state index in [0.717, 1.165) is 12.8 Å². The molecular formula is C13H21N3O4. The molecule has 1 aliphatic carbocycles. The Morgan fingerprint density at radius 1 is 1.25 bits per heavy atom. The molecule has 0 aromatic heterocycles. The number of hydrogen-bond donors (Lipinski definition) is 3. The minimum absolute atomic E-state index is 0.0509. The molecule has 0 atom stereocenters. The van der Waals surface area contributed by atoms with Crippen molar-refractivity contribution in [1.29, 1.82) is 0 Å². The van der Waals surface area contributed by atoms with E-state index < -0.39 is 11.4 Å². The van der Waals surface area contributed by atoms with Crippen molar-refractivity contribution in [2.75, 3.05) is 19.6 Å². The van der Waals surface area contributed by atoms with Crippen molar-refractivity contribution in [3.8, 4) is 0 Å². The molecule has 1 saturated heterocycles. The van der Waals surface area contributed by atoms with Gasteiger partial charge in [-0.1, -0.05) is 0 Å². The number of carboxylic acid groups (broad SMARTS) is 1. The minimum atomic E-state index is -0.831. The van der Waals surface area contributed by atoms with Crippen LogP contribution in [0.4, 0.5) is 4.79 Å². The first-order valence-electron chi connectivity index (χ1n) is 6.96. The predicted molar refractivity (Wildman–Crippen MR) is 71.1 cm³/mol. The Labute approximate surface area is 117 Å². The Morgan fingerprint density at radius 3 is 2.30 bits per heavy atom. The SMILES string of the molecule is CC(=O)NC1CCN(C(=O)NCC2(C(=O)O)CC2)CC1. The van der Waals surface area contributed by atoms with E-state index in [2.05, 4.69) is 10.6 Å². The highest BCUT2D eigenvalue weighted by atomic mass is 16.4. The van der Waals surface area contributed by atoms with E-state index in [1.54, 1.807) is 4.90 Å². The zero-order valence-corrected chi connectivity index (χ0v) is 11.6. The highest BCUT2D eigenvalue weighted by Crippen LogP contribution is 2.45. The third-order valence-corrected chi connectivity index (χ3v) is 4.07. The van der Waals surface area contributed by atoms with Crippen LogP contribution in [-0.4, -0.2) is 53.6 Å². The molecule has 7 heteroatoms. The van der Waals surface area contributed by atoms with E-state index in [-0.39, 0.29) is 24.5 Å². The molecule has 1 heterocycles. The third kappa shape index (κ3) is 3.40. The van der Waals surface area contributed by atoms with E-state index in [1.165, 1.54) is 6.92 Å². The highest BCUT2D eigenvalue weighted by Gasteiger charge is 2.50. The summed E-state index contributed by atoms with van der Waals surface area (Å²) in [5.74, 6) is -0.882. The highest BCUT2D eigenvalue weighted by molar-refractivity contribution is 5.80. The predicted octanol–water partition coefficient (Wildman–Crippen LogP) is 0.161. The fraction of sp³-hybridized carbons (Fsp3) is 0.769. The number of carbonyl (C=O) groups excluding carboxylic acids is 2. The molecule has 3 amide bonds. The molecule has 1 aliphatic heterocycles. The summed E-state index contributed by atoms with van der Waals surface area (Å²) in [5, 5.41) is 14.6. The molecule has 0 radical (unpaired) electrons. The van der Waals surface area contributed by atoms with Gasteiger partial charge in [-0.3, -0.25) is 9.59 Å². The number of likely N-dealkylation sites (tertiary alicyclic amines) is 1. The fourth-order valence-corrected chi connectivity index (χ4v) is 2.49. The van der Waals surface area contributed by atoms with Crippen molar-refractivity contribution >= 4 is 17.9 Å². The lowest BCUT2D eigenvalue weighted by Gasteiger charge is -2.32. The van der Waals surface area contributed by atoms with Crippen molar-refractivity contribution in [1.82, 2.24) is 15.5 Å². The molecule has 2 aliphatic rings. The summed E-state index contributed by atoms with van der Waals surface area (Å²) >= 11 is 0. The van der Waals surface area contributed by atoms with Crippen LogP contribution in [0, 0.1) is 5.41 Å². The van der Waals surface area contributed by atoms with E-state index >= 15 is 0 Å². The van der Waals surface area contributed by atoms with Gasteiger partial charge in [-0.15, -0.1) is 0 Å². The Bertz CT molecular complexity index is 412. The molecule has 0 aromatic rings. The third-order valence-electron chi connectivity index (χ3n) is 4.07. The molecule has 1 saturated carbocycles. The summed E-state index contributed by atoms with van der Waals surface area (Å²) in [7, 11) is 0. The molecule has 0 spiro atoms. The van der Waals surface area contributed by atoms with Gasteiger partial charge in [-0.2, -0.15) is 0 Å². The average molecular weight is 283 g/mol. The molecule has 3 N–H and O–H groups in total. The quantitative estimate of drug-likeness (QED) is 0.684. The topological polar surface area (TPSA) is 98.7 Å². The van der Waals surface area contributed by atoms with Crippen LogP contribution in [0.5, 0.6) is 0 Å². The number of carbonyl (C=O) groups is 3. The molecule has 20 heavy (non-hydrogen) atoms. The largest absolute Gasteiger partial charge is 0.481 e. The molecule has 112 valence electrons. The zero-order valence-electron chi connectivity index (χ0n) is 11.6. The van der Waals surface area contributed by atoms with Crippen molar-refractivity contribution in [2.24, 2.45) is 5.41 Å². The van der Waals surface area contributed by atoms with Crippen LogP contribution in [0.1, 0.15) is 32.6 Å². The minimum Gasteiger partial charge on any atom is -0.481 e. The Kier molecular flexibility index (Phi) is 4.15. The van der Waals surface area contributed by atoms with Gasteiger partial charge in [0.25, 0.3) is 0 Å². The second kappa shape index (κ2) is 5.68. The zero-order chi connectivity index (χ0) is 14.8. The standard InChI is InChI=1S/C13H21N3O4/c1-9(17)15-10-2-6-16(7-3-10)12(20)14-8-13(4-5-13)11(18)19/h10H,2-8H2,1H3,(H,14,20)(H,15,17)(H,18,19). The first-order chi connectivity index (χ1) is 9.43. The van der Waals surface area contributed by atoms with Gasteiger partial charge in [-0.25, -0.2) is 4.79 Å². The Balaban J connectivity index is 1.72. The average Bonchev–Trinajstić information content (AvgIpc) is 3.17. The lowest BCUT2D eigenvalue weighted by molar-refractivity contribution is -0.143. The van der Waals surface area contributed by atoms with Crippen molar-refractivity contribution < 1.29 is 19.5 Å². The van der Waals surface area contributed by atoms with Crippen LogP contribution in [0.15, 0.2) is 0 Å². The van der Waals surface area contributed by atoms with Crippen molar-refractivity contribution in [3.05, 3.63) is 0 Å². The van der Waals surface area contributed by atoms with Gasteiger partial charge in [0.2, 0.25) is 5.91 Å². The van der Waals surface area contributed by atoms with Gasteiger partial charge in [0.15, 0.2) is 0 Å². The summed E-state index contributed by atoms with van der Waals surface area (Å²) in [4.78, 5) is 35.6. The summed E-state index contributed by atoms with van der Waals surface area (Å²) in [5.41, 5.74) is -0.732. The number of piperidine rings is 1. The van der Waals surface area contributed by atoms with Crippen LogP contribution in [0.3, 0.4) is 0 Å². The lowest BCUT2D eigenvalue weighted by atomic mass is 10.1. The van der Waals surface area contributed by atoms with E-state index in [4.69, 9.17) is 5.11 Å². The summed E-state index contributed by atoms with van der Waals surface area (Å²) in [6.45, 7) is 2.85. The van der Waals surface area contributed by atoms with Gasteiger partial charge in [0.05, 0.1) is 5.41 Å². The molecule has 2 fully saturated rings. The number of nitrogens with zero attached hydrogens (tertiary/aromatic N) is 1. The molecule has 0 aromatic carbocycles. The Morgan fingerprint density at radius 2 is 1.85 bits per heavy atom. The van der Waals surface area contributed by atoms with E-state index in [0.29, 0.717) is 25.9 Å². The van der Waals surface area contributed by atoms with E-state index in [1.807, 2.05) is 0 Å². The second-order valence-corrected chi connectivity index (χ2v) is 5.71. The monoisotopic (exact) mass is 283 g/mol. The van der Waals surface area contributed by atoms with Crippen LogP contribution in [-0.2, 0) is 9.59 Å². The molecule has 2 rings (SSSR count). The van der Waals surface area contributed by atoms with Crippen LogP contribution in [0.25, 0.3) is 0 Å². The van der Waals surface area contributed by atoms with Crippen LogP contribution >= 0.6 is 0 Å². The number of hydrogen-bond acceptors (Lipinski definition) is 3.